The monoisotopic (exact) mass is 302 g/mol. The van der Waals surface area contributed by atoms with Gasteiger partial charge in [0, 0.05) is 17.5 Å². The third-order valence-corrected chi connectivity index (χ3v) is 4.24. The molecule has 1 fully saturated rings. The van der Waals surface area contributed by atoms with Crippen molar-refractivity contribution in [3.63, 3.8) is 0 Å². The Morgan fingerprint density at radius 3 is 2.77 bits per heavy atom. The van der Waals surface area contributed by atoms with Gasteiger partial charge in [-0.2, -0.15) is 0 Å². The Balaban J connectivity index is 1.87. The smallest absolute Gasteiger partial charge is 0.227 e. The highest BCUT2D eigenvalue weighted by Gasteiger charge is 2.27. The molecule has 5 heteroatoms. The van der Waals surface area contributed by atoms with Crippen molar-refractivity contribution >= 4 is 22.5 Å². The summed E-state index contributed by atoms with van der Waals surface area (Å²) in [5, 5.41) is 3.80. The van der Waals surface area contributed by atoms with E-state index < -0.39 is 6.17 Å². The Hall–Kier alpha value is -2.17. The number of hydrogen-bond donors (Lipinski definition) is 1. The Morgan fingerprint density at radius 1 is 1.27 bits per heavy atom. The van der Waals surface area contributed by atoms with Crippen LogP contribution in [0.5, 0.6) is 5.75 Å². The molecule has 0 unspecified atom stereocenters. The van der Waals surface area contributed by atoms with E-state index in [1.165, 1.54) is 0 Å². The number of methoxy groups -OCH3 is 1. The van der Waals surface area contributed by atoms with Gasteiger partial charge in [0.25, 0.3) is 0 Å². The van der Waals surface area contributed by atoms with Crippen molar-refractivity contribution in [1.29, 1.82) is 0 Å². The van der Waals surface area contributed by atoms with Crippen LogP contribution in [0.15, 0.2) is 30.5 Å². The molecule has 3 rings (SSSR count). The first-order valence-corrected chi connectivity index (χ1v) is 7.55. The van der Waals surface area contributed by atoms with Crippen LogP contribution < -0.4 is 10.1 Å². The molecule has 0 atom stereocenters. The lowest BCUT2D eigenvalue weighted by atomic mass is 9.87. The minimum Gasteiger partial charge on any atom is -0.495 e. The molecule has 1 N–H and O–H groups in total. The minimum absolute atomic E-state index is 0.0680. The Morgan fingerprint density at radius 2 is 2.05 bits per heavy atom. The molecule has 1 aliphatic rings. The van der Waals surface area contributed by atoms with Crippen molar-refractivity contribution in [3.8, 4) is 5.75 Å². The number of anilines is 1. The molecule has 1 saturated carbocycles. The third-order valence-electron chi connectivity index (χ3n) is 4.24. The summed E-state index contributed by atoms with van der Waals surface area (Å²) >= 11 is 0. The van der Waals surface area contributed by atoms with Crippen LogP contribution in [0.3, 0.4) is 0 Å². The van der Waals surface area contributed by atoms with Crippen molar-refractivity contribution in [2.75, 3.05) is 12.4 Å². The van der Waals surface area contributed by atoms with E-state index in [9.17, 15) is 9.18 Å². The lowest BCUT2D eigenvalue weighted by Gasteiger charge is -2.24. The predicted molar refractivity (Wildman–Crippen MR) is 83.8 cm³/mol. The number of alkyl halides is 1. The number of carbonyl (C=O) groups is 1. The quantitative estimate of drug-likeness (QED) is 0.940. The molecule has 1 heterocycles. The SMILES string of the molecule is COc1ccc2ncccc2c1NC(=O)C1CCC(F)CC1. The number of fused-ring (bicyclic) bond motifs is 1. The van der Waals surface area contributed by atoms with E-state index >= 15 is 0 Å². The van der Waals surface area contributed by atoms with Gasteiger partial charge < -0.3 is 10.1 Å². The highest BCUT2D eigenvalue weighted by molar-refractivity contribution is 6.04. The largest absolute Gasteiger partial charge is 0.495 e. The number of halogens is 1. The van der Waals surface area contributed by atoms with Crippen LogP contribution in [-0.4, -0.2) is 24.2 Å². The molecule has 0 saturated heterocycles. The summed E-state index contributed by atoms with van der Waals surface area (Å²) in [4.78, 5) is 16.8. The van der Waals surface area contributed by atoms with Crippen LogP contribution in [0.4, 0.5) is 10.1 Å². The van der Waals surface area contributed by atoms with E-state index in [1.54, 1.807) is 19.4 Å². The number of ether oxygens (including phenoxy) is 1. The summed E-state index contributed by atoms with van der Waals surface area (Å²) in [6, 6.07) is 7.38. The van der Waals surface area contributed by atoms with E-state index in [-0.39, 0.29) is 11.8 Å². The highest BCUT2D eigenvalue weighted by atomic mass is 19.1. The first kappa shape index (κ1) is 14.8. The maximum absolute atomic E-state index is 13.2. The molecule has 116 valence electrons. The summed E-state index contributed by atoms with van der Waals surface area (Å²) in [6.07, 6.45) is 3.07. The highest BCUT2D eigenvalue weighted by Crippen LogP contribution is 2.34. The van der Waals surface area contributed by atoms with Crippen LogP contribution in [-0.2, 0) is 4.79 Å². The first-order valence-electron chi connectivity index (χ1n) is 7.55. The normalized spacial score (nSPS) is 21.5. The van der Waals surface area contributed by atoms with Gasteiger partial charge in [-0.1, -0.05) is 0 Å². The topological polar surface area (TPSA) is 51.2 Å². The number of aromatic nitrogens is 1. The zero-order valence-electron chi connectivity index (χ0n) is 12.5. The fourth-order valence-corrected chi connectivity index (χ4v) is 2.97. The summed E-state index contributed by atoms with van der Waals surface area (Å²) in [5.74, 6) is 0.401. The van der Waals surface area contributed by atoms with Crippen LogP contribution >= 0.6 is 0 Å². The van der Waals surface area contributed by atoms with E-state index in [2.05, 4.69) is 10.3 Å². The number of carbonyl (C=O) groups excluding carboxylic acids is 1. The molecule has 0 bridgehead atoms. The van der Waals surface area contributed by atoms with Crippen LogP contribution in [0.2, 0.25) is 0 Å². The number of benzene rings is 1. The van der Waals surface area contributed by atoms with Crippen LogP contribution in [0.25, 0.3) is 10.9 Å². The zero-order chi connectivity index (χ0) is 15.5. The lowest BCUT2D eigenvalue weighted by Crippen LogP contribution is -2.27. The fraction of sp³-hybridized carbons (Fsp3) is 0.412. The second-order valence-electron chi connectivity index (χ2n) is 5.65. The molecule has 22 heavy (non-hydrogen) atoms. The Labute approximate surface area is 128 Å². The number of rotatable bonds is 3. The van der Waals surface area contributed by atoms with Gasteiger partial charge in [-0.25, -0.2) is 4.39 Å². The van der Waals surface area contributed by atoms with Crippen molar-refractivity contribution in [1.82, 2.24) is 4.98 Å². The number of nitrogens with one attached hydrogen (secondary N) is 1. The van der Waals surface area contributed by atoms with E-state index in [0.717, 1.165) is 10.9 Å². The number of amides is 1. The molecular weight excluding hydrogens is 283 g/mol. The van der Waals surface area contributed by atoms with Gasteiger partial charge in [-0.15, -0.1) is 0 Å². The molecule has 1 amide bonds. The van der Waals surface area contributed by atoms with E-state index in [1.807, 2.05) is 18.2 Å². The summed E-state index contributed by atoms with van der Waals surface area (Å²) < 4.78 is 18.6. The van der Waals surface area contributed by atoms with Gasteiger partial charge in [0.2, 0.25) is 5.91 Å². The second kappa shape index (κ2) is 6.30. The molecular formula is C17H19FN2O2. The van der Waals surface area contributed by atoms with Crippen molar-refractivity contribution < 1.29 is 13.9 Å². The summed E-state index contributed by atoms with van der Waals surface area (Å²) in [5.41, 5.74) is 1.44. The Kier molecular flexibility index (Phi) is 4.22. The number of hydrogen-bond acceptors (Lipinski definition) is 3. The standard InChI is InChI=1S/C17H19FN2O2/c1-22-15-9-8-14-13(3-2-10-19-14)16(15)20-17(21)11-4-6-12(18)7-5-11/h2-3,8-12H,4-7H2,1H3,(H,20,21). The van der Waals surface area contributed by atoms with Crippen molar-refractivity contribution in [2.45, 2.75) is 31.9 Å². The zero-order valence-corrected chi connectivity index (χ0v) is 12.5. The van der Waals surface area contributed by atoms with Crippen LogP contribution in [0.1, 0.15) is 25.7 Å². The van der Waals surface area contributed by atoms with Crippen molar-refractivity contribution in [2.24, 2.45) is 5.92 Å². The molecule has 1 aliphatic carbocycles. The molecule has 0 spiro atoms. The number of nitrogens with zero attached hydrogens (tertiary/aromatic N) is 1. The van der Waals surface area contributed by atoms with Crippen molar-refractivity contribution in [3.05, 3.63) is 30.5 Å². The average molecular weight is 302 g/mol. The predicted octanol–water partition coefficient (Wildman–Crippen LogP) is 3.71. The summed E-state index contributed by atoms with van der Waals surface area (Å²) in [6.45, 7) is 0. The molecule has 1 aromatic carbocycles. The first-order chi connectivity index (χ1) is 10.7. The van der Waals surface area contributed by atoms with Gasteiger partial charge in [0.1, 0.15) is 11.9 Å². The molecule has 2 aromatic rings. The van der Waals surface area contributed by atoms with Gasteiger partial charge in [0.15, 0.2) is 0 Å². The lowest BCUT2D eigenvalue weighted by molar-refractivity contribution is -0.121. The maximum atomic E-state index is 13.2. The Bertz CT molecular complexity index is 681. The van der Waals surface area contributed by atoms with Gasteiger partial charge in [-0.3, -0.25) is 9.78 Å². The van der Waals surface area contributed by atoms with Gasteiger partial charge >= 0.3 is 0 Å². The number of pyridine rings is 1. The fourth-order valence-electron chi connectivity index (χ4n) is 2.97. The molecule has 0 radical (unpaired) electrons. The van der Waals surface area contributed by atoms with Gasteiger partial charge in [-0.05, 0) is 49.9 Å². The van der Waals surface area contributed by atoms with E-state index in [4.69, 9.17) is 4.74 Å². The average Bonchev–Trinajstić information content (AvgIpc) is 2.55. The maximum Gasteiger partial charge on any atom is 0.227 e. The molecule has 4 nitrogen and oxygen atoms in total. The summed E-state index contributed by atoms with van der Waals surface area (Å²) in [7, 11) is 1.57. The van der Waals surface area contributed by atoms with Gasteiger partial charge in [0.05, 0.1) is 18.3 Å². The third kappa shape index (κ3) is 2.89. The molecule has 0 aliphatic heterocycles. The second-order valence-corrected chi connectivity index (χ2v) is 5.65. The van der Waals surface area contributed by atoms with E-state index in [0.29, 0.717) is 37.1 Å². The molecule has 1 aromatic heterocycles. The minimum atomic E-state index is -0.764. The van der Waals surface area contributed by atoms with Crippen LogP contribution in [0, 0.1) is 5.92 Å².